The van der Waals surface area contributed by atoms with Gasteiger partial charge in [0.15, 0.2) is 0 Å². The van der Waals surface area contributed by atoms with E-state index in [9.17, 15) is 4.79 Å². The average Bonchev–Trinajstić information content (AvgIpc) is 2.76. The summed E-state index contributed by atoms with van der Waals surface area (Å²) in [6, 6.07) is 0. The van der Waals surface area contributed by atoms with Crippen molar-refractivity contribution >= 4 is 5.97 Å². The van der Waals surface area contributed by atoms with E-state index in [1.54, 1.807) is 0 Å². The monoisotopic (exact) mass is 241 g/mol. The second-order valence-electron chi connectivity index (χ2n) is 5.52. The zero-order valence-corrected chi connectivity index (χ0v) is 11.3. The Morgan fingerprint density at radius 3 is 2.47 bits per heavy atom. The Hall–Kier alpha value is -0.570. The topological polar surface area (TPSA) is 52.3 Å². The Labute approximate surface area is 105 Å². The SMILES string of the molecule is CC(C)C(CCN)CCC(=O)OC1CCCC1. The minimum absolute atomic E-state index is 0.0143. The molecular weight excluding hydrogens is 214 g/mol. The molecule has 3 nitrogen and oxygen atoms in total. The van der Waals surface area contributed by atoms with Crippen molar-refractivity contribution in [1.29, 1.82) is 0 Å². The number of hydrogen-bond acceptors (Lipinski definition) is 3. The van der Waals surface area contributed by atoms with Crippen molar-refractivity contribution < 1.29 is 9.53 Å². The predicted octanol–water partition coefficient (Wildman–Crippen LogP) is 2.87. The molecule has 0 bridgehead atoms. The molecule has 0 aromatic heterocycles. The van der Waals surface area contributed by atoms with Crippen LogP contribution < -0.4 is 5.73 Å². The molecule has 2 N–H and O–H groups in total. The first-order valence-electron chi connectivity index (χ1n) is 7.03. The predicted molar refractivity (Wildman–Crippen MR) is 69.6 cm³/mol. The molecule has 100 valence electrons. The lowest BCUT2D eigenvalue weighted by molar-refractivity contribution is -0.149. The Morgan fingerprint density at radius 2 is 1.94 bits per heavy atom. The molecular formula is C14H27NO2. The first-order chi connectivity index (χ1) is 8.13. The van der Waals surface area contributed by atoms with Crippen LogP contribution in [-0.4, -0.2) is 18.6 Å². The third-order valence-corrected chi connectivity index (χ3v) is 3.80. The van der Waals surface area contributed by atoms with Gasteiger partial charge in [0.2, 0.25) is 0 Å². The fraction of sp³-hybridized carbons (Fsp3) is 0.929. The van der Waals surface area contributed by atoms with Gasteiger partial charge in [0.25, 0.3) is 0 Å². The van der Waals surface area contributed by atoms with Gasteiger partial charge in [0.05, 0.1) is 0 Å². The van der Waals surface area contributed by atoms with Gasteiger partial charge in [-0.2, -0.15) is 0 Å². The third-order valence-electron chi connectivity index (χ3n) is 3.80. The van der Waals surface area contributed by atoms with Gasteiger partial charge in [0.1, 0.15) is 6.10 Å². The maximum Gasteiger partial charge on any atom is 0.306 e. The molecule has 0 heterocycles. The summed E-state index contributed by atoms with van der Waals surface area (Å²) < 4.78 is 5.45. The molecule has 1 saturated carbocycles. The highest BCUT2D eigenvalue weighted by molar-refractivity contribution is 5.69. The van der Waals surface area contributed by atoms with Crippen molar-refractivity contribution in [2.45, 2.75) is 64.9 Å². The van der Waals surface area contributed by atoms with Gasteiger partial charge in [-0.25, -0.2) is 0 Å². The maximum absolute atomic E-state index is 11.7. The number of ether oxygens (including phenoxy) is 1. The van der Waals surface area contributed by atoms with E-state index >= 15 is 0 Å². The number of hydrogen-bond donors (Lipinski definition) is 1. The first-order valence-corrected chi connectivity index (χ1v) is 7.03. The summed E-state index contributed by atoms with van der Waals surface area (Å²) in [5.74, 6) is 1.13. The van der Waals surface area contributed by atoms with Crippen LogP contribution >= 0.6 is 0 Å². The van der Waals surface area contributed by atoms with Crippen molar-refractivity contribution in [3.05, 3.63) is 0 Å². The van der Waals surface area contributed by atoms with Crippen LogP contribution in [0.3, 0.4) is 0 Å². The zero-order chi connectivity index (χ0) is 12.7. The smallest absolute Gasteiger partial charge is 0.306 e. The molecule has 1 atom stereocenters. The normalized spacial score (nSPS) is 18.6. The van der Waals surface area contributed by atoms with Crippen LogP contribution in [0.15, 0.2) is 0 Å². The molecule has 1 fully saturated rings. The van der Waals surface area contributed by atoms with Crippen LogP contribution in [-0.2, 0) is 9.53 Å². The molecule has 1 rings (SSSR count). The minimum Gasteiger partial charge on any atom is -0.462 e. The van der Waals surface area contributed by atoms with E-state index in [1.165, 1.54) is 12.8 Å². The summed E-state index contributed by atoms with van der Waals surface area (Å²) in [6.07, 6.45) is 7.22. The molecule has 0 aromatic carbocycles. The molecule has 3 heteroatoms. The standard InChI is InChI=1S/C14H27NO2/c1-11(2)12(9-10-15)7-8-14(16)17-13-5-3-4-6-13/h11-13H,3-10,15H2,1-2H3. The quantitative estimate of drug-likeness (QED) is 0.697. The highest BCUT2D eigenvalue weighted by Gasteiger charge is 2.20. The maximum atomic E-state index is 11.7. The molecule has 0 saturated heterocycles. The average molecular weight is 241 g/mol. The van der Waals surface area contributed by atoms with Gasteiger partial charge in [-0.15, -0.1) is 0 Å². The fourth-order valence-electron chi connectivity index (χ4n) is 2.58. The van der Waals surface area contributed by atoms with Gasteiger partial charge in [-0.1, -0.05) is 13.8 Å². The molecule has 1 aliphatic carbocycles. The molecule has 0 amide bonds. The van der Waals surface area contributed by atoms with E-state index in [4.69, 9.17) is 10.5 Å². The first kappa shape index (κ1) is 14.5. The molecule has 17 heavy (non-hydrogen) atoms. The van der Waals surface area contributed by atoms with Crippen LogP contribution in [0.1, 0.15) is 58.8 Å². The Balaban J connectivity index is 2.20. The number of esters is 1. The summed E-state index contributed by atoms with van der Waals surface area (Å²) in [5, 5.41) is 0. The second kappa shape index (κ2) is 7.70. The Bertz CT molecular complexity index is 222. The van der Waals surface area contributed by atoms with Crippen molar-refractivity contribution in [1.82, 2.24) is 0 Å². The zero-order valence-electron chi connectivity index (χ0n) is 11.3. The lowest BCUT2D eigenvalue weighted by Crippen LogP contribution is -2.19. The molecule has 0 aromatic rings. The van der Waals surface area contributed by atoms with Crippen molar-refractivity contribution in [3.63, 3.8) is 0 Å². The molecule has 1 unspecified atom stereocenters. The summed E-state index contributed by atoms with van der Waals surface area (Å²) in [6.45, 7) is 5.10. The number of nitrogens with two attached hydrogens (primary N) is 1. The van der Waals surface area contributed by atoms with Crippen LogP contribution in [0.2, 0.25) is 0 Å². The van der Waals surface area contributed by atoms with Crippen molar-refractivity contribution in [2.75, 3.05) is 6.54 Å². The van der Waals surface area contributed by atoms with E-state index in [0.717, 1.165) is 25.7 Å². The summed E-state index contributed by atoms with van der Waals surface area (Å²) in [5.41, 5.74) is 5.59. The number of carbonyl (C=O) groups excluding carboxylic acids is 1. The fourth-order valence-corrected chi connectivity index (χ4v) is 2.58. The number of carbonyl (C=O) groups is 1. The van der Waals surface area contributed by atoms with E-state index in [1.807, 2.05) is 0 Å². The van der Waals surface area contributed by atoms with Gasteiger partial charge in [-0.05, 0) is 56.9 Å². The Morgan fingerprint density at radius 1 is 1.29 bits per heavy atom. The van der Waals surface area contributed by atoms with Crippen molar-refractivity contribution in [2.24, 2.45) is 17.6 Å². The van der Waals surface area contributed by atoms with E-state index < -0.39 is 0 Å². The van der Waals surface area contributed by atoms with Gasteiger partial charge in [-0.3, -0.25) is 4.79 Å². The second-order valence-corrected chi connectivity index (χ2v) is 5.52. The van der Waals surface area contributed by atoms with Gasteiger partial charge in [0, 0.05) is 6.42 Å². The van der Waals surface area contributed by atoms with Crippen LogP contribution in [0.4, 0.5) is 0 Å². The third kappa shape index (κ3) is 5.53. The Kier molecular flexibility index (Phi) is 6.56. The van der Waals surface area contributed by atoms with Gasteiger partial charge >= 0.3 is 5.97 Å². The van der Waals surface area contributed by atoms with E-state index in [-0.39, 0.29) is 12.1 Å². The number of rotatable bonds is 7. The van der Waals surface area contributed by atoms with Crippen molar-refractivity contribution in [3.8, 4) is 0 Å². The summed E-state index contributed by atoms with van der Waals surface area (Å²) in [7, 11) is 0. The van der Waals surface area contributed by atoms with E-state index in [0.29, 0.717) is 24.8 Å². The molecule has 1 aliphatic rings. The highest BCUT2D eigenvalue weighted by Crippen LogP contribution is 2.23. The van der Waals surface area contributed by atoms with Crippen LogP contribution in [0.5, 0.6) is 0 Å². The molecule has 0 radical (unpaired) electrons. The highest BCUT2D eigenvalue weighted by atomic mass is 16.5. The van der Waals surface area contributed by atoms with Gasteiger partial charge < -0.3 is 10.5 Å². The lowest BCUT2D eigenvalue weighted by Gasteiger charge is -2.20. The minimum atomic E-state index is -0.0143. The summed E-state index contributed by atoms with van der Waals surface area (Å²) >= 11 is 0. The van der Waals surface area contributed by atoms with Crippen LogP contribution in [0.25, 0.3) is 0 Å². The van der Waals surface area contributed by atoms with E-state index in [2.05, 4.69) is 13.8 Å². The molecule has 0 spiro atoms. The molecule has 0 aliphatic heterocycles. The van der Waals surface area contributed by atoms with Crippen LogP contribution in [0, 0.1) is 11.8 Å². The lowest BCUT2D eigenvalue weighted by atomic mass is 9.88. The largest absolute Gasteiger partial charge is 0.462 e. The summed E-state index contributed by atoms with van der Waals surface area (Å²) in [4.78, 5) is 11.7.